The zero-order valence-corrected chi connectivity index (χ0v) is 17.7. The molecule has 0 spiro atoms. The molecule has 3 rings (SSSR count). The van der Waals surface area contributed by atoms with E-state index in [-0.39, 0.29) is 18.2 Å². The van der Waals surface area contributed by atoms with E-state index in [0.29, 0.717) is 34.3 Å². The summed E-state index contributed by atoms with van der Waals surface area (Å²) in [5.41, 5.74) is 5.07. The number of hydrogen-bond acceptors (Lipinski definition) is 4. The zero-order chi connectivity index (χ0) is 22.1. The number of carbonyl (C=O) groups is 2. The molecule has 2 N–H and O–H groups in total. The van der Waals surface area contributed by atoms with Crippen molar-refractivity contribution in [1.82, 2.24) is 5.43 Å². The first kappa shape index (κ1) is 22.1. The third-order valence-corrected chi connectivity index (χ3v) is 4.51. The quantitative estimate of drug-likeness (QED) is 0.383. The molecule has 7 heteroatoms. The van der Waals surface area contributed by atoms with E-state index in [9.17, 15) is 9.59 Å². The predicted molar refractivity (Wildman–Crippen MR) is 122 cm³/mol. The summed E-state index contributed by atoms with van der Waals surface area (Å²) in [5, 5.41) is 7.32. The number of hydrogen-bond donors (Lipinski definition) is 2. The molecular formula is C24H22ClN3O3. The Labute approximate surface area is 185 Å². The van der Waals surface area contributed by atoms with Gasteiger partial charge in [0, 0.05) is 22.0 Å². The van der Waals surface area contributed by atoms with Crippen LogP contribution >= 0.6 is 11.6 Å². The van der Waals surface area contributed by atoms with Gasteiger partial charge in [-0.1, -0.05) is 41.9 Å². The molecule has 0 saturated heterocycles. The Bertz CT molecular complexity index is 1050. The fourth-order valence-corrected chi connectivity index (χ4v) is 2.79. The van der Waals surface area contributed by atoms with E-state index < -0.39 is 0 Å². The third kappa shape index (κ3) is 7.28. The van der Waals surface area contributed by atoms with Crippen molar-refractivity contribution >= 4 is 34.8 Å². The molecule has 31 heavy (non-hydrogen) atoms. The summed E-state index contributed by atoms with van der Waals surface area (Å²) in [7, 11) is 0. The number of amides is 2. The van der Waals surface area contributed by atoms with Crippen molar-refractivity contribution in [2.45, 2.75) is 20.0 Å². The molecule has 0 fully saturated rings. The summed E-state index contributed by atoms with van der Waals surface area (Å²) in [5.74, 6) is 0.104. The number of rotatable bonds is 8. The molecular weight excluding hydrogens is 414 g/mol. The summed E-state index contributed by atoms with van der Waals surface area (Å²) in [6.07, 6.45) is 0.0488. The Balaban J connectivity index is 1.45. The average molecular weight is 436 g/mol. The molecule has 0 aliphatic carbocycles. The SMILES string of the molecule is C/C(CC(=O)Nc1ccc(OCc2ccccc2)cc1)=N/NC(=O)c1ccc(Cl)cc1. The molecule has 0 bridgehead atoms. The fraction of sp³-hybridized carbons (Fsp3) is 0.125. The second-order valence-corrected chi connectivity index (χ2v) is 7.25. The van der Waals surface area contributed by atoms with Crippen LogP contribution in [-0.4, -0.2) is 17.5 Å². The van der Waals surface area contributed by atoms with E-state index in [0.717, 1.165) is 5.56 Å². The summed E-state index contributed by atoms with van der Waals surface area (Å²) in [4.78, 5) is 24.3. The normalized spacial score (nSPS) is 11.0. The minimum atomic E-state index is -0.373. The van der Waals surface area contributed by atoms with Crippen LogP contribution in [0.15, 0.2) is 84.0 Å². The van der Waals surface area contributed by atoms with Crippen LogP contribution in [-0.2, 0) is 11.4 Å². The highest BCUT2D eigenvalue weighted by molar-refractivity contribution is 6.30. The highest BCUT2D eigenvalue weighted by Crippen LogP contribution is 2.17. The van der Waals surface area contributed by atoms with Crippen molar-refractivity contribution in [3.05, 3.63) is 95.0 Å². The molecule has 0 heterocycles. The maximum Gasteiger partial charge on any atom is 0.271 e. The minimum Gasteiger partial charge on any atom is -0.489 e. The number of carbonyl (C=O) groups excluding carboxylic acids is 2. The molecule has 0 radical (unpaired) electrons. The standard InChI is InChI=1S/C24H22ClN3O3/c1-17(27-28-24(30)19-7-9-20(25)10-8-19)15-23(29)26-21-11-13-22(14-12-21)31-16-18-5-3-2-4-6-18/h2-14H,15-16H2,1H3,(H,26,29)(H,28,30)/b27-17-. The number of nitrogens with zero attached hydrogens (tertiary/aromatic N) is 1. The largest absolute Gasteiger partial charge is 0.489 e. The van der Waals surface area contributed by atoms with Crippen LogP contribution in [0.25, 0.3) is 0 Å². The molecule has 0 aromatic heterocycles. The maximum absolute atomic E-state index is 12.2. The lowest BCUT2D eigenvalue weighted by Crippen LogP contribution is -2.21. The minimum absolute atomic E-state index is 0.0488. The van der Waals surface area contributed by atoms with Crippen molar-refractivity contribution in [2.24, 2.45) is 5.10 Å². The van der Waals surface area contributed by atoms with Gasteiger partial charge in [0.1, 0.15) is 12.4 Å². The van der Waals surface area contributed by atoms with Crippen LogP contribution in [0.1, 0.15) is 29.3 Å². The lowest BCUT2D eigenvalue weighted by Gasteiger charge is -2.09. The van der Waals surface area contributed by atoms with E-state index >= 15 is 0 Å². The summed E-state index contributed by atoms with van der Waals surface area (Å²) >= 11 is 5.81. The van der Waals surface area contributed by atoms with Gasteiger partial charge in [-0.15, -0.1) is 0 Å². The molecule has 158 valence electrons. The van der Waals surface area contributed by atoms with Crippen molar-refractivity contribution in [3.8, 4) is 5.75 Å². The van der Waals surface area contributed by atoms with Crippen LogP contribution in [0.5, 0.6) is 5.75 Å². The molecule has 6 nitrogen and oxygen atoms in total. The Morgan fingerprint density at radius 2 is 1.61 bits per heavy atom. The van der Waals surface area contributed by atoms with Gasteiger partial charge in [0.15, 0.2) is 0 Å². The van der Waals surface area contributed by atoms with Crippen molar-refractivity contribution in [3.63, 3.8) is 0 Å². The van der Waals surface area contributed by atoms with Crippen molar-refractivity contribution in [1.29, 1.82) is 0 Å². The topological polar surface area (TPSA) is 79.8 Å². The van der Waals surface area contributed by atoms with E-state index in [1.54, 1.807) is 55.5 Å². The Morgan fingerprint density at radius 1 is 0.935 bits per heavy atom. The molecule has 0 aliphatic rings. The summed E-state index contributed by atoms with van der Waals surface area (Å²) < 4.78 is 5.73. The van der Waals surface area contributed by atoms with Gasteiger partial charge in [-0.25, -0.2) is 5.43 Å². The van der Waals surface area contributed by atoms with Gasteiger partial charge >= 0.3 is 0 Å². The first-order valence-electron chi connectivity index (χ1n) is 9.65. The van der Waals surface area contributed by atoms with Gasteiger partial charge in [0.25, 0.3) is 5.91 Å². The lowest BCUT2D eigenvalue weighted by molar-refractivity contribution is -0.115. The number of anilines is 1. The Kier molecular flexibility index (Phi) is 7.79. The smallest absolute Gasteiger partial charge is 0.271 e. The van der Waals surface area contributed by atoms with E-state index in [2.05, 4.69) is 15.8 Å². The second kappa shape index (κ2) is 10.9. The number of halogens is 1. The zero-order valence-electron chi connectivity index (χ0n) is 17.0. The lowest BCUT2D eigenvalue weighted by atomic mass is 10.2. The number of benzene rings is 3. The van der Waals surface area contributed by atoms with Crippen LogP contribution in [0.4, 0.5) is 5.69 Å². The first-order valence-corrected chi connectivity index (χ1v) is 10.0. The van der Waals surface area contributed by atoms with Gasteiger partial charge < -0.3 is 10.1 Å². The number of hydrazone groups is 1. The van der Waals surface area contributed by atoms with Crippen LogP contribution in [0.2, 0.25) is 5.02 Å². The molecule has 0 unspecified atom stereocenters. The molecule has 3 aromatic carbocycles. The van der Waals surface area contributed by atoms with Crippen LogP contribution < -0.4 is 15.5 Å². The average Bonchev–Trinajstić information content (AvgIpc) is 2.78. The molecule has 2 amide bonds. The second-order valence-electron chi connectivity index (χ2n) is 6.82. The Morgan fingerprint density at radius 3 is 2.29 bits per heavy atom. The van der Waals surface area contributed by atoms with Crippen LogP contribution in [0.3, 0.4) is 0 Å². The molecule has 3 aromatic rings. The highest BCUT2D eigenvalue weighted by atomic mass is 35.5. The van der Waals surface area contributed by atoms with Gasteiger partial charge in [-0.3, -0.25) is 9.59 Å². The van der Waals surface area contributed by atoms with Gasteiger partial charge in [0.2, 0.25) is 5.91 Å². The van der Waals surface area contributed by atoms with Gasteiger partial charge in [-0.2, -0.15) is 5.10 Å². The fourth-order valence-electron chi connectivity index (χ4n) is 2.66. The third-order valence-electron chi connectivity index (χ3n) is 4.26. The number of nitrogens with one attached hydrogen (secondary N) is 2. The van der Waals surface area contributed by atoms with Crippen LogP contribution in [0, 0.1) is 0 Å². The highest BCUT2D eigenvalue weighted by Gasteiger charge is 2.07. The summed E-state index contributed by atoms with van der Waals surface area (Å²) in [6, 6.07) is 23.5. The van der Waals surface area contributed by atoms with E-state index in [4.69, 9.17) is 16.3 Å². The first-order chi connectivity index (χ1) is 15.0. The summed E-state index contributed by atoms with van der Waals surface area (Å²) in [6.45, 7) is 2.15. The van der Waals surface area contributed by atoms with Gasteiger partial charge in [-0.05, 0) is 61.0 Å². The van der Waals surface area contributed by atoms with E-state index in [1.165, 1.54) is 0 Å². The monoisotopic (exact) mass is 435 g/mol. The molecule has 0 aliphatic heterocycles. The van der Waals surface area contributed by atoms with Crippen molar-refractivity contribution in [2.75, 3.05) is 5.32 Å². The maximum atomic E-state index is 12.2. The predicted octanol–water partition coefficient (Wildman–Crippen LogP) is 5.05. The molecule has 0 atom stereocenters. The molecule has 0 saturated carbocycles. The Hall–Kier alpha value is -3.64. The number of ether oxygens (including phenoxy) is 1. The van der Waals surface area contributed by atoms with Crippen molar-refractivity contribution < 1.29 is 14.3 Å². The van der Waals surface area contributed by atoms with E-state index in [1.807, 2.05) is 30.3 Å². The van der Waals surface area contributed by atoms with Gasteiger partial charge in [0.05, 0.1) is 6.42 Å².